The van der Waals surface area contributed by atoms with Crippen LogP contribution in [0.1, 0.15) is 12.5 Å². The highest BCUT2D eigenvalue weighted by molar-refractivity contribution is 9.10. The molecule has 0 fully saturated rings. The molecule has 0 atom stereocenters. The molecule has 106 valence electrons. The van der Waals surface area contributed by atoms with Gasteiger partial charge < -0.3 is 4.74 Å². The Hall–Kier alpha value is -1.72. The van der Waals surface area contributed by atoms with Gasteiger partial charge in [-0.3, -0.25) is 0 Å². The average molecular weight is 361 g/mol. The maximum Gasteiger partial charge on any atom is 0.210 e. The Balaban J connectivity index is 1.80. The number of rotatable bonds is 4. The summed E-state index contributed by atoms with van der Waals surface area (Å²) in [7, 11) is 0. The lowest BCUT2D eigenvalue weighted by molar-refractivity contribution is 0.340. The van der Waals surface area contributed by atoms with Crippen LogP contribution < -0.4 is 4.74 Å². The molecule has 0 saturated heterocycles. The molecular weight excluding hydrogens is 348 g/mol. The molecular formula is C16H13BrN2OS. The van der Waals surface area contributed by atoms with Gasteiger partial charge in [0.1, 0.15) is 5.75 Å². The molecule has 2 aromatic carbocycles. The second-order valence-electron chi connectivity index (χ2n) is 4.37. The van der Waals surface area contributed by atoms with Crippen LogP contribution in [0.25, 0.3) is 10.2 Å². The van der Waals surface area contributed by atoms with Gasteiger partial charge in [-0.25, -0.2) is 9.98 Å². The minimum atomic E-state index is 0.675. The number of ether oxygens (including phenoxy) is 1. The molecule has 1 aromatic heterocycles. The third-order valence-electron chi connectivity index (χ3n) is 2.85. The Morgan fingerprint density at radius 2 is 2.05 bits per heavy atom. The number of aliphatic imine (C=N–C) groups is 1. The maximum atomic E-state index is 5.42. The first-order chi connectivity index (χ1) is 10.2. The normalized spacial score (nSPS) is 11.3. The third kappa shape index (κ3) is 3.49. The highest BCUT2D eigenvalue weighted by Gasteiger charge is 2.02. The van der Waals surface area contributed by atoms with Crippen molar-refractivity contribution in [3.8, 4) is 5.75 Å². The van der Waals surface area contributed by atoms with E-state index in [1.165, 1.54) is 0 Å². The van der Waals surface area contributed by atoms with Crippen LogP contribution in [0, 0.1) is 0 Å². The number of benzene rings is 2. The zero-order chi connectivity index (χ0) is 14.7. The SMILES string of the molecule is CCOc1ccc(/C=N/c2nc3ccc(Br)cc3s2)cc1. The van der Waals surface area contributed by atoms with E-state index < -0.39 is 0 Å². The van der Waals surface area contributed by atoms with Crippen LogP contribution in [0.15, 0.2) is 51.9 Å². The summed E-state index contributed by atoms with van der Waals surface area (Å²) in [6.45, 7) is 2.65. The van der Waals surface area contributed by atoms with Gasteiger partial charge in [-0.1, -0.05) is 27.3 Å². The second kappa shape index (κ2) is 6.37. The molecule has 3 rings (SSSR count). The highest BCUT2D eigenvalue weighted by Crippen LogP contribution is 2.30. The van der Waals surface area contributed by atoms with Crippen LogP contribution in [-0.4, -0.2) is 17.8 Å². The molecule has 3 aromatic rings. The van der Waals surface area contributed by atoms with Crippen molar-refractivity contribution in [1.29, 1.82) is 0 Å². The molecule has 3 nitrogen and oxygen atoms in total. The van der Waals surface area contributed by atoms with Gasteiger partial charge in [0.25, 0.3) is 0 Å². The quantitative estimate of drug-likeness (QED) is 0.598. The number of aromatic nitrogens is 1. The molecule has 5 heteroatoms. The fourth-order valence-corrected chi connectivity index (χ4v) is 3.25. The highest BCUT2D eigenvalue weighted by atomic mass is 79.9. The molecule has 0 N–H and O–H groups in total. The lowest BCUT2D eigenvalue weighted by Gasteiger charge is -2.01. The van der Waals surface area contributed by atoms with Crippen LogP contribution >= 0.6 is 27.3 Å². The van der Waals surface area contributed by atoms with Crippen molar-refractivity contribution in [2.24, 2.45) is 4.99 Å². The number of hydrogen-bond donors (Lipinski definition) is 0. The van der Waals surface area contributed by atoms with E-state index in [1.807, 2.05) is 49.5 Å². The second-order valence-corrected chi connectivity index (χ2v) is 6.29. The van der Waals surface area contributed by atoms with E-state index in [9.17, 15) is 0 Å². The van der Waals surface area contributed by atoms with E-state index in [0.29, 0.717) is 6.61 Å². The molecule has 0 amide bonds. The molecule has 1 heterocycles. The molecule has 0 spiro atoms. The predicted molar refractivity (Wildman–Crippen MR) is 92.2 cm³/mol. The Morgan fingerprint density at radius 1 is 1.24 bits per heavy atom. The van der Waals surface area contributed by atoms with Gasteiger partial charge in [-0.2, -0.15) is 0 Å². The summed E-state index contributed by atoms with van der Waals surface area (Å²) in [6.07, 6.45) is 1.82. The maximum absolute atomic E-state index is 5.42. The topological polar surface area (TPSA) is 34.5 Å². The van der Waals surface area contributed by atoms with Gasteiger partial charge in [0.2, 0.25) is 5.13 Å². The van der Waals surface area contributed by atoms with Gasteiger partial charge in [0.15, 0.2) is 0 Å². The van der Waals surface area contributed by atoms with E-state index in [2.05, 4.69) is 32.0 Å². The monoisotopic (exact) mass is 360 g/mol. The van der Waals surface area contributed by atoms with Gasteiger partial charge >= 0.3 is 0 Å². The van der Waals surface area contributed by atoms with Crippen LogP contribution in [0.3, 0.4) is 0 Å². The molecule has 0 aliphatic carbocycles. The van der Waals surface area contributed by atoms with Gasteiger partial charge in [-0.05, 0) is 55.0 Å². The fourth-order valence-electron chi connectivity index (χ4n) is 1.89. The van der Waals surface area contributed by atoms with Crippen LogP contribution in [0.4, 0.5) is 5.13 Å². The van der Waals surface area contributed by atoms with Crippen LogP contribution in [0.2, 0.25) is 0 Å². The summed E-state index contributed by atoms with van der Waals surface area (Å²) in [5.74, 6) is 0.875. The van der Waals surface area contributed by atoms with E-state index >= 15 is 0 Å². The third-order valence-corrected chi connectivity index (χ3v) is 4.27. The van der Waals surface area contributed by atoms with Gasteiger partial charge in [0, 0.05) is 10.7 Å². The fraction of sp³-hybridized carbons (Fsp3) is 0.125. The lowest BCUT2D eigenvalue weighted by atomic mass is 10.2. The molecule has 0 aliphatic rings. The first-order valence-corrected chi connectivity index (χ1v) is 8.18. The van der Waals surface area contributed by atoms with Crippen molar-refractivity contribution < 1.29 is 4.74 Å². The summed E-state index contributed by atoms with van der Waals surface area (Å²) < 4.78 is 7.60. The van der Waals surface area contributed by atoms with Crippen LogP contribution in [0.5, 0.6) is 5.75 Å². The van der Waals surface area contributed by atoms with Crippen molar-refractivity contribution >= 4 is 48.8 Å². The number of hydrogen-bond acceptors (Lipinski definition) is 4. The van der Waals surface area contributed by atoms with E-state index in [-0.39, 0.29) is 0 Å². The van der Waals surface area contributed by atoms with Crippen molar-refractivity contribution in [3.05, 3.63) is 52.5 Å². The number of halogens is 1. The van der Waals surface area contributed by atoms with Gasteiger partial charge in [0.05, 0.1) is 16.8 Å². The molecule has 0 aliphatic heterocycles. The first-order valence-electron chi connectivity index (χ1n) is 6.57. The van der Waals surface area contributed by atoms with Crippen molar-refractivity contribution in [1.82, 2.24) is 4.98 Å². The predicted octanol–water partition coefficient (Wildman–Crippen LogP) is 5.21. The number of fused-ring (bicyclic) bond motifs is 1. The molecule has 0 unspecified atom stereocenters. The summed E-state index contributed by atoms with van der Waals surface area (Å²) in [5, 5.41) is 0.761. The Kier molecular flexibility index (Phi) is 4.31. The Labute approximate surface area is 135 Å². The largest absolute Gasteiger partial charge is 0.494 e. The summed E-state index contributed by atoms with van der Waals surface area (Å²) in [5.41, 5.74) is 2.00. The van der Waals surface area contributed by atoms with E-state index in [4.69, 9.17) is 4.74 Å². The summed E-state index contributed by atoms with van der Waals surface area (Å²) in [4.78, 5) is 8.94. The van der Waals surface area contributed by atoms with Gasteiger partial charge in [-0.15, -0.1) is 0 Å². The molecule has 21 heavy (non-hydrogen) atoms. The summed E-state index contributed by atoms with van der Waals surface area (Å²) in [6, 6.07) is 13.9. The lowest BCUT2D eigenvalue weighted by Crippen LogP contribution is -1.91. The first kappa shape index (κ1) is 14.2. The van der Waals surface area contributed by atoms with Crippen LogP contribution in [-0.2, 0) is 0 Å². The minimum Gasteiger partial charge on any atom is -0.494 e. The Bertz CT molecular complexity index is 781. The zero-order valence-electron chi connectivity index (χ0n) is 11.4. The smallest absolute Gasteiger partial charge is 0.210 e. The summed E-state index contributed by atoms with van der Waals surface area (Å²) >= 11 is 5.04. The zero-order valence-corrected chi connectivity index (χ0v) is 13.8. The Morgan fingerprint density at radius 3 is 2.81 bits per heavy atom. The van der Waals surface area contributed by atoms with E-state index in [1.54, 1.807) is 11.3 Å². The van der Waals surface area contributed by atoms with Crippen molar-refractivity contribution in [2.45, 2.75) is 6.92 Å². The number of nitrogens with zero attached hydrogens (tertiary/aromatic N) is 2. The van der Waals surface area contributed by atoms with E-state index in [0.717, 1.165) is 31.1 Å². The number of thiazole rings is 1. The average Bonchev–Trinajstić information content (AvgIpc) is 2.89. The minimum absolute atomic E-state index is 0.675. The molecule has 0 saturated carbocycles. The van der Waals surface area contributed by atoms with Crippen molar-refractivity contribution in [2.75, 3.05) is 6.61 Å². The molecule has 0 radical (unpaired) electrons. The standard InChI is InChI=1S/C16H13BrN2OS/c1-2-20-13-6-3-11(4-7-13)10-18-16-19-14-8-5-12(17)9-15(14)21-16/h3-10H,2H2,1H3/b18-10+. The van der Waals surface area contributed by atoms with Crippen molar-refractivity contribution in [3.63, 3.8) is 0 Å². The molecule has 0 bridgehead atoms.